The normalized spacial score (nSPS) is 11.8. The molecule has 1 aromatic carbocycles. The average molecular weight is 220 g/mol. The van der Waals surface area contributed by atoms with Crippen LogP contribution < -0.4 is 0 Å². The fourth-order valence-corrected chi connectivity index (χ4v) is 1.52. The van der Waals surface area contributed by atoms with Crippen LogP contribution in [0.4, 0.5) is 0 Å². The Hall–Kier alpha value is -1.64. The topological polar surface area (TPSA) is 43.4 Å². The zero-order valence-corrected chi connectivity index (χ0v) is 9.39. The summed E-state index contributed by atoms with van der Waals surface area (Å²) in [6, 6.07) is 9.65. The van der Waals surface area contributed by atoms with Crippen molar-refractivity contribution in [3.05, 3.63) is 35.9 Å². The van der Waals surface area contributed by atoms with Crippen LogP contribution in [0.5, 0.6) is 0 Å². The molecule has 0 aliphatic rings. The largest absolute Gasteiger partial charge is 0.466 e. The van der Waals surface area contributed by atoms with Crippen molar-refractivity contribution in [1.29, 1.82) is 0 Å². The Morgan fingerprint density at radius 2 is 2.06 bits per heavy atom. The second-order valence-corrected chi connectivity index (χ2v) is 3.60. The Kier molecular flexibility index (Phi) is 5.26. The van der Waals surface area contributed by atoms with Gasteiger partial charge in [-0.25, -0.2) is 0 Å². The van der Waals surface area contributed by atoms with Crippen LogP contribution in [-0.4, -0.2) is 18.9 Å². The summed E-state index contributed by atoms with van der Waals surface area (Å²) in [6.07, 6.45) is 1.57. The van der Waals surface area contributed by atoms with Crippen LogP contribution in [0.3, 0.4) is 0 Å². The summed E-state index contributed by atoms with van der Waals surface area (Å²) in [5.74, 6) is -0.600. The predicted molar refractivity (Wildman–Crippen MR) is 61.0 cm³/mol. The van der Waals surface area contributed by atoms with Gasteiger partial charge in [0.1, 0.15) is 6.29 Å². The van der Waals surface area contributed by atoms with E-state index in [1.165, 1.54) is 0 Å². The third-order valence-corrected chi connectivity index (χ3v) is 2.27. The first-order valence-electron chi connectivity index (χ1n) is 5.41. The monoisotopic (exact) mass is 220 g/mol. The molecule has 3 nitrogen and oxygen atoms in total. The summed E-state index contributed by atoms with van der Waals surface area (Å²) in [5.41, 5.74) is 1.06. The van der Waals surface area contributed by atoms with Crippen LogP contribution in [-0.2, 0) is 20.7 Å². The molecule has 0 aliphatic heterocycles. The number of esters is 1. The average Bonchev–Trinajstić information content (AvgIpc) is 2.30. The molecule has 0 saturated carbocycles. The van der Waals surface area contributed by atoms with Crippen LogP contribution in [0.15, 0.2) is 30.3 Å². The summed E-state index contributed by atoms with van der Waals surface area (Å²) in [5, 5.41) is 0. The number of carbonyl (C=O) groups is 2. The number of hydrogen-bond acceptors (Lipinski definition) is 3. The molecule has 1 unspecified atom stereocenters. The van der Waals surface area contributed by atoms with Crippen molar-refractivity contribution in [2.45, 2.75) is 19.8 Å². The van der Waals surface area contributed by atoms with Crippen molar-refractivity contribution in [3.63, 3.8) is 0 Å². The van der Waals surface area contributed by atoms with Crippen LogP contribution in [0.2, 0.25) is 0 Å². The highest BCUT2D eigenvalue weighted by Gasteiger charge is 2.14. The Bertz CT molecular complexity index is 332. The van der Waals surface area contributed by atoms with E-state index in [-0.39, 0.29) is 18.3 Å². The van der Waals surface area contributed by atoms with Gasteiger partial charge < -0.3 is 9.53 Å². The highest BCUT2D eigenvalue weighted by molar-refractivity contribution is 5.73. The van der Waals surface area contributed by atoms with Gasteiger partial charge in [-0.3, -0.25) is 4.79 Å². The minimum atomic E-state index is -0.310. The van der Waals surface area contributed by atoms with Crippen molar-refractivity contribution in [2.24, 2.45) is 5.92 Å². The minimum Gasteiger partial charge on any atom is -0.466 e. The summed E-state index contributed by atoms with van der Waals surface area (Å²) in [7, 11) is 0. The molecule has 0 aliphatic carbocycles. The summed E-state index contributed by atoms with van der Waals surface area (Å²) >= 11 is 0. The van der Waals surface area contributed by atoms with E-state index in [0.717, 1.165) is 11.8 Å². The molecule has 3 heteroatoms. The zero-order chi connectivity index (χ0) is 11.8. The molecule has 0 N–H and O–H groups in total. The van der Waals surface area contributed by atoms with Gasteiger partial charge in [0.05, 0.1) is 13.0 Å². The molecule has 0 radical (unpaired) electrons. The van der Waals surface area contributed by atoms with Gasteiger partial charge in [0.2, 0.25) is 0 Å². The second-order valence-electron chi connectivity index (χ2n) is 3.60. The van der Waals surface area contributed by atoms with Crippen molar-refractivity contribution < 1.29 is 14.3 Å². The van der Waals surface area contributed by atoms with Crippen molar-refractivity contribution in [1.82, 2.24) is 0 Å². The third-order valence-electron chi connectivity index (χ3n) is 2.27. The molecule has 0 aromatic heterocycles. The molecular weight excluding hydrogens is 204 g/mol. The van der Waals surface area contributed by atoms with Crippen LogP contribution in [0, 0.1) is 5.92 Å². The molecule has 0 bridgehead atoms. The number of ether oxygens (including phenoxy) is 1. The molecule has 86 valence electrons. The molecule has 0 fully saturated rings. The van der Waals surface area contributed by atoms with Gasteiger partial charge in [-0.2, -0.15) is 0 Å². The smallest absolute Gasteiger partial charge is 0.306 e. The molecule has 0 saturated heterocycles. The molecule has 0 spiro atoms. The van der Waals surface area contributed by atoms with E-state index in [1.54, 1.807) is 6.92 Å². The van der Waals surface area contributed by atoms with E-state index < -0.39 is 0 Å². The first-order chi connectivity index (χ1) is 7.76. The van der Waals surface area contributed by atoms with Gasteiger partial charge in [-0.05, 0) is 18.9 Å². The first-order valence-corrected chi connectivity index (χ1v) is 5.41. The van der Waals surface area contributed by atoms with Gasteiger partial charge in [0.15, 0.2) is 0 Å². The third kappa shape index (κ3) is 4.26. The van der Waals surface area contributed by atoms with E-state index in [4.69, 9.17) is 4.74 Å². The Morgan fingerprint density at radius 3 is 2.62 bits per heavy atom. The van der Waals surface area contributed by atoms with Crippen LogP contribution in [0.1, 0.15) is 18.9 Å². The van der Waals surface area contributed by atoms with Crippen molar-refractivity contribution in [3.8, 4) is 0 Å². The maximum atomic E-state index is 11.2. The number of carbonyl (C=O) groups excluding carboxylic acids is 2. The van der Waals surface area contributed by atoms with Crippen LogP contribution >= 0.6 is 0 Å². The standard InChI is InChI=1S/C13H16O3/c1-2-16-13(15)9-12(10-14)8-11-6-4-3-5-7-11/h3-7,10,12H,2,8-9H2,1H3. The molecule has 1 aromatic rings. The van der Waals surface area contributed by atoms with Gasteiger partial charge in [0.25, 0.3) is 0 Å². The Morgan fingerprint density at radius 1 is 1.38 bits per heavy atom. The highest BCUT2D eigenvalue weighted by Crippen LogP contribution is 2.11. The van der Waals surface area contributed by atoms with E-state index >= 15 is 0 Å². The van der Waals surface area contributed by atoms with E-state index in [9.17, 15) is 9.59 Å². The maximum Gasteiger partial charge on any atom is 0.306 e. The quantitative estimate of drug-likeness (QED) is 0.544. The number of hydrogen-bond donors (Lipinski definition) is 0. The van der Waals surface area contributed by atoms with E-state index in [0.29, 0.717) is 13.0 Å². The molecule has 0 amide bonds. The molecule has 1 atom stereocenters. The molecule has 0 heterocycles. The lowest BCUT2D eigenvalue weighted by Gasteiger charge is -2.09. The van der Waals surface area contributed by atoms with E-state index in [2.05, 4.69) is 0 Å². The van der Waals surface area contributed by atoms with Gasteiger partial charge >= 0.3 is 5.97 Å². The van der Waals surface area contributed by atoms with Crippen molar-refractivity contribution in [2.75, 3.05) is 6.61 Å². The van der Waals surface area contributed by atoms with Crippen molar-refractivity contribution >= 4 is 12.3 Å². The molecule has 1 rings (SSSR count). The number of rotatable bonds is 6. The first kappa shape index (κ1) is 12.4. The molecular formula is C13H16O3. The Balaban J connectivity index is 2.49. The lowest BCUT2D eigenvalue weighted by molar-refractivity contribution is -0.145. The zero-order valence-electron chi connectivity index (χ0n) is 9.39. The fourth-order valence-electron chi connectivity index (χ4n) is 1.52. The van der Waals surface area contributed by atoms with Gasteiger partial charge in [-0.15, -0.1) is 0 Å². The van der Waals surface area contributed by atoms with Crippen LogP contribution in [0.25, 0.3) is 0 Å². The lowest BCUT2D eigenvalue weighted by atomic mass is 9.98. The SMILES string of the molecule is CCOC(=O)CC(C=O)Cc1ccccc1. The predicted octanol–water partition coefficient (Wildman–Crippen LogP) is 2.00. The van der Waals surface area contributed by atoms with Gasteiger partial charge in [0, 0.05) is 5.92 Å². The second kappa shape index (κ2) is 6.77. The highest BCUT2D eigenvalue weighted by atomic mass is 16.5. The summed E-state index contributed by atoms with van der Waals surface area (Å²) in [6.45, 7) is 2.11. The number of aldehydes is 1. The Labute approximate surface area is 95.4 Å². The summed E-state index contributed by atoms with van der Waals surface area (Å²) < 4.78 is 4.81. The number of benzene rings is 1. The summed E-state index contributed by atoms with van der Waals surface area (Å²) in [4.78, 5) is 22.1. The van der Waals surface area contributed by atoms with Gasteiger partial charge in [-0.1, -0.05) is 30.3 Å². The maximum absolute atomic E-state index is 11.2. The lowest BCUT2D eigenvalue weighted by Crippen LogP contribution is -2.14. The minimum absolute atomic E-state index is 0.159. The fraction of sp³-hybridized carbons (Fsp3) is 0.385. The molecule has 16 heavy (non-hydrogen) atoms. The van der Waals surface area contributed by atoms with E-state index in [1.807, 2.05) is 30.3 Å².